The molecule has 0 bridgehead atoms. The molecule has 142 valence electrons. The Bertz CT molecular complexity index is 746. The SMILES string of the molecule is CC(C)CC1C=c2cc(COC(=O)CCOC(=O)C(C)C)ccc2=CC1. The highest BCUT2D eigenvalue weighted by Crippen LogP contribution is 2.18. The predicted molar refractivity (Wildman–Crippen MR) is 102 cm³/mol. The van der Waals surface area contributed by atoms with E-state index in [0.29, 0.717) is 11.8 Å². The summed E-state index contributed by atoms with van der Waals surface area (Å²) in [6, 6.07) is 6.19. The highest BCUT2D eigenvalue weighted by atomic mass is 16.5. The minimum absolute atomic E-state index is 0.0691. The fraction of sp³-hybridized carbons (Fsp3) is 0.545. The normalized spacial score (nSPS) is 15.8. The molecule has 0 N–H and O–H groups in total. The molecule has 0 heterocycles. The van der Waals surface area contributed by atoms with E-state index in [4.69, 9.17) is 9.47 Å². The van der Waals surface area contributed by atoms with Crippen LogP contribution in [0.25, 0.3) is 12.2 Å². The zero-order valence-electron chi connectivity index (χ0n) is 16.3. The molecule has 0 amide bonds. The van der Waals surface area contributed by atoms with Crippen molar-refractivity contribution in [1.29, 1.82) is 0 Å². The minimum atomic E-state index is -0.354. The van der Waals surface area contributed by atoms with Crippen LogP contribution in [0.1, 0.15) is 52.5 Å². The van der Waals surface area contributed by atoms with Crippen molar-refractivity contribution < 1.29 is 19.1 Å². The topological polar surface area (TPSA) is 52.6 Å². The number of carbonyl (C=O) groups excluding carboxylic acids is 2. The average Bonchev–Trinajstić information content (AvgIpc) is 2.58. The lowest BCUT2D eigenvalue weighted by Gasteiger charge is -2.16. The molecule has 2 rings (SSSR count). The molecule has 1 aliphatic rings. The summed E-state index contributed by atoms with van der Waals surface area (Å²) in [7, 11) is 0. The number of fused-ring (bicyclic) bond motifs is 1. The molecule has 1 aromatic rings. The summed E-state index contributed by atoms with van der Waals surface area (Å²) in [5.74, 6) is 0.424. The van der Waals surface area contributed by atoms with Crippen LogP contribution in [0.3, 0.4) is 0 Å². The van der Waals surface area contributed by atoms with Gasteiger partial charge in [0.05, 0.1) is 12.3 Å². The lowest BCUT2D eigenvalue weighted by atomic mass is 9.89. The first-order chi connectivity index (χ1) is 12.3. The van der Waals surface area contributed by atoms with Gasteiger partial charge in [0.25, 0.3) is 0 Å². The summed E-state index contributed by atoms with van der Waals surface area (Å²) in [6.45, 7) is 8.33. The Balaban J connectivity index is 1.87. The third-order valence-corrected chi connectivity index (χ3v) is 4.40. The van der Waals surface area contributed by atoms with Crippen molar-refractivity contribution in [2.75, 3.05) is 6.61 Å². The van der Waals surface area contributed by atoms with Gasteiger partial charge in [-0.25, -0.2) is 0 Å². The van der Waals surface area contributed by atoms with Crippen molar-refractivity contribution in [2.45, 2.75) is 53.6 Å². The maximum atomic E-state index is 11.8. The summed E-state index contributed by atoms with van der Waals surface area (Å²) in [5, 5.41) is 2.47. The molecule has 0 radical (unpaired) electrons. The zero-order valence-corrected chi connectivity index (χ0v) is 16.3. The van der Waals surface area contributed by atoms with Crippen LogP contribution in [0.5, 0.6) is 0 Å². The van der Waals surface area contributed by atoms with E-state index in [2.05, 4.69) is 38.1 Å². The van der Waals surface area contributed by atoms with Gasteiger partial charge in [-0.05, 0) is 46.7 Å². The number of carbonyl (C=O) groups is 2. The molecule has 4 heteroatoms. The molecule has 0 saturated heterocycles. The van der Waals surface area contributed by atoms with Gasteiger partial charge in [0, 0.05) is 0 Å². The quantitative estimate of drug-likeness (QED) is 0.671. The van der Waals surface area contributed by atoms with Crippen LogP contribution in [-0.2, 0) is 25.7 Å². The highest BCUT2D eigenvalue weighted by molar-refractivity contribution is 5.73. The minimum Gasteiger partial charge on any atom is -0.465 e. The Morgan fingerprint density at radius 1 is 1.12 bits per heavy atom. The van der Waals surface area contributed by atoms with Crippen LogP contribution in [0.4, 0.5) is 0 Å². The molecule has 0 spiro atoms. The second-order valence-electron chi connectivity index (χ2n) is 7.69. The maximum Gasteiger partial charge on any atom is 0.309 e. The van der Waals surface area contributed by atoms with E-state index in [-0.39, 0.29) is 37.5 Å². The highest BCUT2D eigenvalue weighted by Gasteiger charge is 2.12. The van der Waals surface area contributed by atoms with E-state index in [1.807, 2.05) is 6.07 Å². The van der Waals surface area contributed by atoms with Crippen LogP contribution in [0.15, 0.2) is 18.2 Å². The van der Waals surface area contributed by atoms with Crippen LogP contribution >= 0.6 is 0 Å². The molecule has 0 fully saturated rings. The molecule has 0 saturated carbocycles. The van der Waals surface area contributed by atoms with Crippen molar-refractivity contribution in [3.05, 3.63) is 34.2 Å². The Morgan fingerprint density at radius 2 is 1.88 bits per heavy atom. The lowest BCUT2D eigenvalue weighted by Crippen LogP contribution is -2.29. The van der Waals surface area contributed by atoms with E-state index in [0.717, 1.165) is 12.0 Å². The van der Waals surface area contributed by atoms with Crippen LogP contribution in [0, 0.1) is 17.8 Å². The monoisotopic (exact) mass is 358 g/mol. The molecular weight excluding hydrogens is 328 g/mol. The Labute approximate surface area is 155 Å². The van der Waals surface area contributed by atoms with Crippen LogP contribution in [-0.4, -0.2) is 18.5 Å². The largest absolute Gasteiger partial charge is 0.465 e. The molecule has 26 heavy (non-hydrogen) atoms. The fourth-order valence-corrected chi connectivity index (χ4v) is 3.05. The van der Waals surface area contributed by atoms with Gasteiger partial charge in [-0.3, -0.25) is 9.59 Å². The van der Waals surface area contributed by atoms with Gasteiger partial charge in [0.2, 0.25) is 0 Å². The molecule has 0 aliphatic heterocycles. The maximum absolute atomic E-state index is 11.8. The summed E-state index contributed by atoms with van der Waals surface area (Å²) < 4.78 is 10.3. The van der Waals surface area contributed by atoms with E-state index >= 15 is 0 Å². The predicted octanol–water partition coefficient (Wildman–Crippen LogP) is 2.95. The first-order valence-corrected chi connectivity index (χ1v) is 9.48. The summed E-state index contributed by atoms with van der Waals surface area (Å²) >= 11 is 0. The number of rotatable bonds is 8. The van der Waals surface area contributed by atoms with Crippen LogP contribution < -0.4 is 10.4 Å². The Hall–Kier alpha value is -2.10. The molecule has 4 nitrogen and oxygen atoms in total. The molecular formula is C22H30O4. The van der Waals surface area contributed by atoms with Gasteiger partial charge in [-0.2, -0.15) is 0 Å². The second-order valence-corrected chi connectivity index (χ2v) is 7.69. The number of ether oxygens (including phenoxy) is 2. The van der Waals surface area contributed by atoms with Crippen molar-refractivity contribution in [3.8, 4) is 0 Å². The Kier molecular flexibility index (Phi) is 7.43. The van der Waals surface area contributed by atoms with E-state index in [9.17, 15) is 9.59 Å². The molecule has 1 aliphatic carbocycles. The van der Waals surface area contributed by atoms with Gasteiger partial charge in [0.1, 0.15) is 13.2 Å². The summed E-state index contributed by atoms with van der Waals surface area (Å²) in [5.41, 5.74) is 0.978. The third kappa shape index (κ3) is 6.32. The lowest BCUT2D eigenvalue weighted by molar-refractivity contribution is -0.152. The molecule has 1 atom stereocenters. The summed E-state index contributed by atoms with van der Waals surface area (Å²) in [6.07, 6.45) is 6.99. The van der Waals surface area contributed by atoms with Gasteiger partial charge in [-0.15, -0.1) is 0 Å². The Morgan fingerprint density at radius 3 is 2.58 bits per heavy atom. The number of esters is 2. The average molecular weight is 358 g/mol. The zero-order chi connectivity index (χ0) is 19.1. The van der Waals surface area contributed by atoms with Gasteiger partial charge in [-0.1, -0.05) is 52.0 Å². The standard InChI is InChI=1S/C22H30O4/c1-15(2)11-17-5-7-19-8-6-18(13-20(19)12-17)14-26-21(23)9-10-25-22(24)16(3)4/h6-8,12-13,15-17H,5,9-11,14H2,1-4H3. The van der Waals surface area contributed by atoms with E-state index in [1.54, 1.807) is 13.8 Å². The third-order valence-electron chi connectivity index (χ3n) is 4.40. The van der Waals surface area contributed by atoms with Crippen molar-refractivity contribution >= 4 is 24.1 Å². The first kappa shape index (κ1) is 20.2. The van der Waals surface area contributed by atoms with Crippen molar-refractivity contribution in [1.82, 2.24) is 0 Å². The van der Waals surface area contributed by atoms with Crippen LogP contribution in [0.2, 0.25) is 0 Å². The molecule has 1 unspecified atom stereocenters. The van der Waals surface area contributed by atoms with Gasteiger partial charge in [0.15, 0.2) is 0 Å². The second kappa shape index (κ2) is 9.56. The number of benzene rings is 1. The van der Waals surface area contributed by atoms with Gasteiger partial charge >= 0.3 is 11.9 Å². The molecule has 1 aromatic carbocycles. The first-order valence-electron chi connectivity index (χ1n) is 9.48. The van der Waals surface area contributed by atoms with Crippen molar-refractivity contribution in [3.63, 3.8) is 0 Å². The van der Waals surface area contributed by atoms with E-state index in [1.165, 1.54) is 16.9 Å². The number of hydrogen-bond donors (Lipinski definition) is 0. The van der Waals surface area contributed by atoms with Crippen molar-refractivity contribution in [2.24, 2.45) is 17.8 Å². The summed E-state index contributed by atoms with van der Waals surface area (Å²) in [4.78, 5) is 23.2. The van der Waals surface area contributed by atoms with E-state index < -0.39 is 0 Å². The fourth-order valence-electron chi connectivity index (χ4n) is 3.05. The smallest absolute Gasteiger partial charge is 0.309 e. The molecule has 0 aromatic heterocycles. The van der Waals surface area contributed by atoms with Gasteiger partial charge < -0.3 is 9.47 Å². The number of hydrogen-bond acceptors (Lipinski definition) is 4.